The lowest BCUT2D eigenvalue weighted by Gasteiger charge is -2.17. The molecule has 2 aromatic rings. The van der Waals surface area contributed by atoms with Gasteiger partial charge in [-0.25, -0.2) is 9.50 Å². The molecule has 1 N–H and O–H groups in total. The summed E-state index contributed by atoms with van der Waals surface area (Å²) in [5.74, 6) is -0.292. The van der Waals surface area contributed by atoms with Crippen LogP contribution in [0, 0.1) is 12.8 Å². The molecule has 0 unspecified atom stereocenters. The molecular weight excluding hydrogens is 234 g/mol. The van der Waals surface area contributed by atoms with Crippen molar-refractivity contribution in [1.82, 2.24) is 19.8 Å². The van der Waals surface area contributed by atoms with Crippen LogP contribution >= 0.6 is 0 Å². The monoisotopic (exact) mass is 247 g/mol. The van der Waals surface area contributed by atoms with E-state index in [2.05, 4.69) is 15.3 Å². The largest absolute Gasteiger partial charge is 0.481 e. The number of nitrogens with zero attached hydrogens (tertiary/aromatic N) is 5. The number of aromatic nitrogens is 4. The molecule has 7 heteroatoms. The Balaban J connectivity index is 1.99. The highest BCUT2D eigenvalue weighted by molar-refractivity contribution is 5.74. The average Bonchev–Trinajstić information content (AvgIpc) is 2.95. The van der Waals surface area contributed by atoms with E-state index in [1.807, 2.05) is 11.8 Å². The van der Waals surface area contributed by atoms with E-state index in [0.717, 1.165) is 17.0 Å². The maximum absolute atomic E-state index is 11.0. The van der Waals surface area contributed by atoms with Crippen LogP contribution < -0.4 is 4.90 Å². The molecule has 0 bridgehead atoms. The molecule has 2 aromatic heterocycles. The molecule has 3 heterocycles. The standard InChI is InChI=1S/C11H13N5O2/c1-7-5-16-9(4-12-14-16)10(13-7)15-3-2-8(6-15)11(17)18/h4-5,8H,2-3,6H2,1H3,(H,17,18)/t8-/m0/s1. The number of hydrogen-bond donors (Lipinski definition) is 1. The Hall–Kier alpha value is -2.18. The van der Waals surface area contributed by atoms with Crippen molar-refractivity contribution in [2.45, 2.75) is 13.3 Å². The fraction of sp³-hybridized carbons (Fsp3) is 0.455. The van der Waals surface area contributed by atoms with Crippen LogP contribution in [0.5, 0.6) is 0 Å². The molecule has 0 saturated carbocycles. The van der Waals surface area contributed by atoms with Crippen molar-refractivity contribution >= 4 is 17.3 Å². The minimum atomic E-state index is -0.743. The van der Waals surface area contributed by atoms with Gasteiger partial charge in [-0.3, -0.25) is 4.79 Å². The van der Waals surface area contributed by atoms with Crippen LogP contribution in [0.15, 0.2) is 12.4 Å². The number of carboxylic acids is 1. The van der Waals surface area contributed by atoms with Gasteiger partial charge in [0.1, 0.15) is 5.52 Å². The number of anilines is 1. The molecule has 3 rings (SSSR count). The van der Waals surface area contributed by atoms with Gasteiger partial charge in [0.15, 0.2) is 5.82 Å². The summed E-state index contributed by atoms with van der Waals surface area (Å²) in [6.07, 6.45) is 4.10. The van der Waals surface area contributed by atoms with E-state index in [4.69, 9.17) is 5.11 Å². The van der Waals surface area contributed by atoms with Crippen LogP contribution in [-0.4, -0.2) is 44.0 Å². The van der Waals surface area contributed by atoms with E-state index in [0.29, 0.717) is 19.5 Å². The second-order valence-electron chi connectivity index (χ2n) is 4.54. The van der Waals surface area contributed by atoms with Crippen LogP contribution in [0.1, 0.15) is 12.1 Å². The summed E-state index contributed by atoms with van der Waals surface area (Å²) in [4.78, 5) is 17.5. The lowest BCUT2D eigenvalue weighted by atomic mass is 10.1. The van der Waals surface area contributed by atoms with Gasteiger partial charge < -0.3 is 10.0 Å². The Morgan fingerprint density at radius 2 is 2.39 bits per heavy atom. The second-order valence-corrected chi connectivity index (χ2v) is 4.54. The predicted molar refractivity (Wildman–Crippen MR) is 63.5 cm³/mol. The third kappa shape index (κ3) is 1.68. The number of hydrogen-bond acceptors (Lipinski definition) is 5. The third-order valence-corrected chi connectivity index (χ3v) is 3.23. The van der Waals surface area contributed by atoms with Gasteiger partial charge in [-0.2, -0.15) is 0 Å². The first-order valence-corrected chi connectivity index (χ1v) is 5.80. The predicted octanol–water partition coefficient (Wildman–Crippen LogP) is 0.344. The fourth-order valence-electron chi connectivity index (χ4n) is 2.32. The van der Waals surface area contributed by atoms with Crippen molar-refractivity contribution in [3.8, 4) is 0 Å². The van der Waals surface area contributed by atoms with Crippen LogP contribution in [0.25, 0.3) is 5.52 Å². The zero-order valence-electron chi connectivity index (χ0n) is 9.94. The first kappa shape index (κ1) is 10.9. The van der Waals surface area contributed by atoms with E-state index in [-0.39, 0.29) is 5.92 Å². The van der Waals surface area contributed by atoms with Crippen LogP contribution in [0.2, 0.25) is 0 Å². The summed E-state index contributed by atoms with van der Waals surface area (Å²) in [5.41, 5.74) is 1.65. The summed E-state index contributed by atoms with van der Waals surface area (Å²) in [7, 11) is 0. The molecule has 7 nitrogen and oxygen atoms in total. The molecule has 0 aromatic carbocycles. The van der Waals surface area contributed by atoms with Crippen LogP contribution in [0.4, 0.5) is 5.82 Å². The van der Waals surface area contributed by atoms with Crippen molar-refractivity contribution in [2.75, 3.05) is 18.0 Å². The zero-order chi connectivity index (χ0) is 12.7. The smallest absolute Gasteiger partial charge is 0.308 e. The molecule has 0 amide bonds. The Morgan fingerprint density at radius 1 is 1.56 bits per heavy atom. The summed E-state index contributed by atoms with van der Waals surface area (Å²) < 4.78 is 1.67. The van der Waals surface area contributed by atoms with Gasteiger partial charge in [-0.05, 0) is 13.3 Å². The molecular formula is C11H13N5O2. The molecule has 1 atom stereocenters. The number of carboxylic acid groups (broad SMARTS) is 1. The lowest BCUT2D eigenvalue weighted by molar-refractivity contribution is -0.140. The quantitative estimate of drug-likeness (QED) is 0.824. The maximum Gasteiger partial charge on any atom is 0.308 e. The summed E-state index contributed by atoms with van der Waals surface area (Å²) in [6, 6.07) is 0. The minimum Gasteiger partial charge on any atom is -0.481 e. The van der Waals surface area contributed by atoms with Crippen molar-refractivity contribution < 1.29 is 9.90 Å². The Kier molecular flexibility index (Phi) is 2.39. The molecule has 1 aliphatic heterocycles. The van der Waals surface area contributed by atoms with Crippen molar-refractivity contribution in [1.29, 1.82) is 0 Å². The average molecular weight is 247 g/mol. The van der Waals surface area contributed by atoms with Crippen LogP contribution in [0.3, 0.4) is 0 Å². The summed E-state index contributed by atoms with van der Waals surface area (Å²) in [6.45, 7) is 3.08. The summed E-state index contributed by atoms with van der Waals surface area (Å²) >= 11 is 0. The molecule has 0 spiro atoms. The normalized spacial score (nSPS) is 19.6. The number of carbonyl (C=O) groups is 1. The third-order valence-electron chi connectivity index (χ3n) is 3.23. The van der Waals surface area contributed by atoms with Gasteiger partial charge in [0.2, 0.25) is 0 Å². The van der Waals surface area contributed by atoms with Gasteiger partial charge in [-0.15, -0.1) is 5.10 Å². The SMILES string of the molecule is Cc1cn2nncc2c(N2CC[C@H](C(=O)O)C2)n1. The van der Waals surface area contributed by atoms with Gasteiger partial charge in [0.25, 0.3) is 0 Å². The molecule has 1 aliphatic rings. The van der Waals surface area contributed by atoms with Gasteiger partial charge in [0, 0.05) is 13.1 Å². The van der Waals surface area contributed by atoms with E-state index >= 15 is 0 Å². The highest BCUT2D eigenvalue weighted by Gasteiger charge is 2.30. The highest BCUT2D eigenvalue weighted by Crippen LogP contribution is 2.25. The first-order chi connectivity index (χ1) is 8.65. The summed E-state index contributed by atoms with van der Waals surface area (Å²) in [5, 5.41) is 16.8. The van der Waals surface area contributed by atoms with Crippen molar-refractivity contribution in [3.05, 3.63) is 18.1 Å². The zero-order valence-corrected chi connectivity index (χ0v) is 9.94. The molecule has 0 aliphatic carbocycles. The number of aliphatic carboxylic acids is 1. The minimum absolute atomic E-state index is 0.316. The van der Waals surface area contributed by atoms with Crippen LogP contribution in [-0.2, 0) is 4.79 Å². The highest BCUT2D eigenvalue weighted by atomic mass is 16.4. The van der Waals surface area contributed by atoms with Gasteiger partial charge >= 0.3 is 5.97 Å². The molecule has 0 radical (unpaired) electrons. The first-order valence-electron chi connectivity index (χ1n) is 5.80. The molecule has 18 heavy (non-hydrogen) atoms. The second kappa shape index (κ2) is 3.94. The topological polar surface area (TPSA) is 83.6 Å². The fourth-order valence-corrected chi connectivity index (χ4v) is 2.32. The van der Waals surface area contributed by atoms with Crippen molar-refractivity contribution in [2.24, 2.45) is 5.92 Å². The van der Waals surface area contributed by atoms with E-state index in [9.17, 15) is 4.79 Å². The Bertz CT molecular complexity index is 608. The van der Waals surface area contributed by atoms with Gasteiger partial charge in [-0.1, -0.05) is 5.21 Å². The van der Waals surface area contributed by atoms with E-state index in [1.165, 1.54) is 0 Å². The van der Waals surface area contributed by atoms with Gasteiger partial charge in [0.05, 0.1) is 24.0 Å². The Morgan fingerprint density at radius 3 is 3.11 bits per heavy atom. The molecule has 1 fully saturated rings. The number of rotatable bonds is 2. The van der Waals surface area contributed by atoms with E-state index < -0.39 is 5.97 Å². The number of aryl methyl sites for hydroxylation is 1. The molecule has 1 saturated heterocycles. The maximum atomic E-state index is 11.0. The lowest BCUT2D eigenvalue weighted by Crippen LogP contribution is -2.24. The molecule has 94 valence electrons. The Labute approximate surface area is 103 Å². The van der Waals surface area contributed by atoms with E-state index in [1.54, 1.807) is 16.9 Å². The van der Waals surface area contributed by atoms with Crippen molar-refractivity contribution in [3.63, 3.8) is 0 Å². The number of fused-ring (bicyclic) bond motifs is 1.